The lowest BCUT2D eigenvalue weighted by atomic mass is 10.1. The van der Waals surface area contributed by atoms with Gasteiger partial charge in [-0.15, -0.1) is 23.1 Å². The molecule has 1 amide bonds. The highest BCUT2D eigenvalue weighted by atomic mass is 32.2. The van der Waals surface area contributed by atoms with E-state index in [-0.39, 0.29) is 22.7 Å². The first-order chi connectivity index (χ1) is 15.0. The van der Waals surface area contributed by atoms with Gasteiger partial charge in [0, 0.05) is 21.1 Å². The van der Waals surface area contributed by atoms with E-state index >= 15 is 0 Å². The van der Waals surface area contributed by atoms with Crippen LogP contribution in [-0.2, 0) is 22.7 Å². The summed E-state index contributed by atoms with van der Waals surface area (Å²) in [5, 5.41) is 5.44. The molecule has 1 unspecified atom stereocenters. The van der Waals surface area contributed by atoms with E-state index in [4.69, 9.17) is 0 Å². The van der Waals surface area contributed by atoms with Gasteiger partial charge >= 0.3 is 0 Å². The Bertz CT molecular complexity index is 1250. The quantitative estimate of drug-likeness (QED) is 0.578. The monoisotopic (exact) mass is 470 g/mol. The van der Waals surface area contributed by atoms with E-state index in [2.05, 4.69) is 28.5 Å². The number of thiazole rings is 1. The normalized spacial score (nSPS) is 19.3. The zero-order valence-corrected chi connectivity index (χ0v) is 19.3. The lowest BCUT2D eigenvalue weighted by molar-refractivity contribution is 0.102. The molecule has 8 heteroatoms. The van der Waals surface area contributed by atoms with Crippen molar-refractivity contribution in [3.63, 3.8) is 0 Å². The van der Waals surface area contributed by atoms with Crippen LogP contribution in [0.2, 0.25) is 0 Å². The van der Waals surface area contributed by atoms with Crippen molar-refractivity contribution in [3.05, 3.63) is 64.5 Å². The number of fused-ring (bicyclic) bond motifs is 1. The minimum Gasteiger partial charge on any atom is -0.298 e. The SMILES string of the molecule is O=C(Nc1nc(-c2ccc3c(c2)CCC3)cs1)c1ccccc1SC1CCS(=O)(=O)C1. The Morgan fingerprint density at radius 1 is 1.13 bits per heavy atom. The Labute approximate surface area is 190 Å². The van der Waals surface area contributed by atoms with Crippen LogP contribution in [0.4, 0.5) is 5.13 Å². The fourth-order valence-electron chi connectivity index (χ4n) is 4.15. The van der Waals surface area contributed by atoms with Gasteiger partial charge in [-0.3, -0.25) is 10.1 Å². The summed E-state index contributed by atoms with van der Waals surface area (Å²) in [5.41, 5.74) is 5.32. The molecule has 0 spiro atoms. The number of sulfone groups is 1. The molecule has 0 saturated carbocycles. The predicted molar refractivity (Wildman–Crippen MR) is 127 cm³/mol. The second-order valence-corrected chi connectivity index (χ2v) is 12.4. The van der Waals surface area contributed by atoms with Crippen molar-refractivity contribution in [2.45, 2.75) is 35.8 Å². The van der Waals surface area contributed by atoms with Crippen molar-refractivity contribution in [2.75, 3.05) is 16.8 Å². The molecule has 2 heterocycles. The van der Waals surface area contributed by atoms with Crippen molar-refractivity contribution >= 4 is 44.0 Å². The predicted octanol–water partition coefficient (Wildman–Crippen LogP) is 4.83. The average molecular weight is 471 g/mol. The fraction of sp³-hybridized carbons (Fsp3) is 0.304. The Kier molecular flexibility index (Phi) is 5.62. The highest BCUT2D eigenvalue weighted by molar-refractivity contribution is 8.02. The van der Waals surface area contributed by atoms with Crippen molar-refractivity contribution in [1.82, 2.24) is 4.98 Å². The smallest absolute Gasteiger partial charge is 0.258 e. The number of aryl methyl sites for hydroxylation is 2. The first-order valence-corrected chi connectivity index (χ1v) is 13.9. The topological polar surface area (TPSA) is 76.1 Å². The summed E-state index contributed by atoms with van der Waals surface area (Å²) in [6, 6.07) is 13.8. The van der Waals surface area contributed by atoms with Gasteiger partial charge in [-0.1, -0.05) is 24.3 Å². The molecule has 1 atom stereocenters. The molecule has 3 aromatic rings. The van der Waals surface area contributed by atoms with E-state index in [0.717, 1.165) is 29.0 Å². The molecular formula is C23H22N2O3S3. The molecule has 5 rings (SSSR count). The van der Waals surface area contributed by atoms with Crippen LogP contribution < -0.4 is 5.32 Å². The van der Waals surface area contributed by atoms with Gasteiger partial charge in [0.2, 0.25) is 0 Å². The minimum atomic E-state index is -2.95. The number of hydrogen-bond donors (Lipinski definition) is 1. The van der Waals surface area contributed by atoms with Crippen LogP contribution in [0.1, 0.15) is 34.3 Å². The number of nitrogens with zero attached hydrogens (tertiary/aromatic N) is 1. The molecule has 0 radical (unpaired) electrons. The number of carbonyl (C=O) groups is 1. The Morgan fingerprint density at radius 2 is 1.97 bits per heavy atom. The molecule has 0 bridgehead atoms. The van der Waals surface area contributed by atoms with E-state index in [1.807, 2.05) is 23.6 Å². The van der Waals surface area contributed by atoms with Gasteiger partial charge in [-0.2, -0.15) is 0 Å². The summed E-state index contributed by atoms with van der Waals surface area (Å²) in [5.74, 6) is 0.173. The molecule has 2 aliphatic rings. The first kappa shape index (κ1) is 20.7. The molecule has 2 aromatic carbocycles. The van der Waals surface area contributed by atoms with Gasteiger partial charge in [0.25, 0.3) is 5.91 Å². The molecular weight excluding hydrogens is 448 g/mol. The van der Waals surface area contributed by atoms with Gasteiger partial charge in [0.1, 0.15) is 0 Å². The van der Waals surface area contributed by atoms with Crippen LogP contribution >= 0.6 is 23.1 Å². The maximum Gasteiger partial charge on any atom is 0.258 e. The molecule has 160 valence electrons. The molecule has 1 aliphatic heterocycles. The number of thioether (sulfide) groups is 1. The van der Waals surface area contributed by atoms with E-state index in [0.29, 0.717) is 17.1 Å². The maximum atomic E-state index is 13.0. The lowest BCUT2D eigenvalue weighted by Gasteiger charge is -2.12. The van der Waals surface area contributed by atoms with Crippen molar-refractivity contribution in [2.24, 2.45) is 0 Å². The third-order valence-electron chi connectivity index (χ3n) is 5.73. The molecule has 1 N–H and O–H groups in total. The van der Waals surface area contributed by atoms with Crippen LogP contribution in [0, 0.1) is 0 Å². The second kappa shape index (κ2) is 8.41. The van der Waals surface area contributed by atoms with Crippen LogP contribution in [0.5, 0.6) is 0 Å². The van der Waals surface area contributed by atoms with Crippen molar-refractivity contribution in [1.29, 1.82) is 0 Å². The zero-order chi connectivity index (χ0) is 21.4. The highest BCUT2D eigenvalue weighted by Crippen LogP contribution is 2.34. The Hall–Kier alpha value is -2.16. The first-order valence-electron chi connectivity index (χ1n) is 10.3. The van der Waals surface area contributed by atoms with E-state index < -0.39 is 9.84 Å². The third-order valence-corrected chi connectivity index (χ3v) is 9.82. The van der Waals surface area contributed by atoms with Crippen LogP contribution in [0.3, 0.4) is 0 Å². The number of benzene rings is 2. The standard InChI is InChI=1S/C23H22N2O3S3/c26-22(19-6-1-2-7-21(19)30-18-10-11-31(27,28)14-18)25-23-24-20(13-29-23)17-9-8-15-4-3-5-16(15)12-17/h1-2,6-9,12-13,18H,3-5,10-11,14H2,(H,24,25,26). The van der Waals surface area contributed by atoms with Crippen molar-refractivity contribution < 1.29 is 13.2 Å². The van der Waals surface area contributed by atoms with Crippen LogP contribution in [0.25, 0.3) is 11.3 Å². The minimum absolute atomic E-state index is 0.00905. The Morgan fingerprint density at radius 3 is 2.81 bits per heavy atom. The van der Waals surface area contributed by atoms with Crippen molar-refractivity contribution in [3.8, 4) is 11.3 Å². The van der Waals surface area contributed by atoms with E-state index in [1.165, 1.54) is 40.6 Å². The second-order valence-electron chi connectivity index (χ2n) is 7.97. The zero-order valence-electron chi connectivity index (χ0n) is 16.8. The molecule has 1 fully saturated rings. The van der Waals surface area contributed by atoms with E-state index in [9.17, 15) is 13.2 Å². The van der Waals surface area contributed by atoms with Gasteiger partial charge in [-0.05, 0) is 55.0 Å². The number of aromatic nitrogens is 1. The molecule has 5 nitrogen and oxygen atoms in total. The average Bonchev–Trinajstić information content (AvgIpc) is 3.47. The molecule has 1 aliphatic carbocycles. The number of hydrogen-bond acceptors (Lipinski definition) is 6. The third kappa shape index (κ3) is 4.56. The van der Waals surface area contributed by atoms with Crippen LogP contribution in [0.15, 0.2) is 52.7 Å². The Balaban J connectivity index is 1.31. The largest absolute Gasteiger partial charge is 0.298 e. The van der Waals surface area contributed by atoms with Gasteiger partial charge in [0.15, 0.2) is 15.0 Å². The molecule has 1 saturated heterocycles. The summed E-state index contributed by atoms with van der Waals surface area (Å²) in [7, 11) is -2.95. The number of carbonyl (C=O) groups excluding carboxylic acids is 1. The maximum absolute atomic E-state index is 13.0. The summed E-state index contributed by atoms with van der Waals surface area (Å²) < 4.78 is 23.5. The van der Waals surface area contributed by atoms with Gasteiger partial charge < -0.3 is 0 Å². The van der Waals surface area contributed by atoms with Crippen LogP contribution in [-0.4, -0.2) is 36.1 Å². The summed E-state index contributed by atoms with van der Waals surface area (Å²) in [6.07, 6.45) is 4.10. The summed E-state index contributed by atoms with van der Waals surface area (Å²) in [4.78, 5) is 18.4. The number of anilines is 1. The van der Waals surface area contributed by atoms with E-state index in [1.54, 1.807) is 6.07 Å². The van der Waals surface area contributed by atoms with Gasteiger partial charge in [-0.25, -0.2) is 13.4 Å². The summed E-state index contributed by atoms with van der Waals surface area (Å²) in [6.45, 7) is 0. The number of nitrogens with one attached hydrogen (secondary N) is 1. The molecule has 1 aromatic heterocycles. The number of rotatable bonds is 5. The lowest BCUT2D eigenvalue weighted by Crippen LogP contribution is -2.14. The fourth-order valence-corrected chi connectivity index (χ4v) is 8.49. The van der Waals surface area contributed by atoms with Gasteiger partial charge in [0.05, 0.1) is 22.8 Å². The summed E-state index contributed by atoms with van der Waals surface area (Å²) >= 11 is 2.89. The highest BCUT2D eigenvalue weighted by Gasteiger charge is 2.29. The number of amides is 1. The molecule has 31 heavy (non-hydrogen) atoms.